The molecule has 19 heteroatoms. The van der Waals surface area contributed by atoms with Crippen molar-refractivity contribution >= 4 is 49.2 Å². The summed E-state index contributed by atoms with van der Waals surface area (Å²) >= 11 is 0.641. The zero-order valence-electron chi connectivity index (χ0n) is 27.9. The molecular weight excluding hydrogens is 732 g/mol. The topological polar surface area (TPSA) is 161 Å². The summed E-state index contributed by atoms with van der Waals surface area (Å²) in [7, 11) is 0. The minimum absolute atomic E-state index is 0.0416. The third-order valence-electron chi connectivity index (χ3n) is 10.9. The van der Waals surface area contributed by atoms with E-state index in [1.54, 1.807) is 13.0 Å². The summed E-state index contributed by atoms with van der Waals surface area (Å²) in [5.74, 6) is -5.37. The van der Waals surface area contributed by atoms with Crippen molar-refractivity contribution in [3.05, 3.63) is 41.0 Å². The van der Waals surface area contributed by atoms with Crippen LogP contribution in [0.4, 0.5) is 42.0 Å². The van der Waals surface area contributed by atoms with Gasteiger partial charge in [-0.25, -0.2) is 18.0 Å². The minimum Gasteiger partial charge on any atom is -0.461 e. The molecule has 4 unspecified atom stereocenters. The minimum atomic E-state index is -5.20. The molecule has 0 saturated carbocycles. The van der Waals surface area contributed by atoms with Crippen LogP contribution in [0.25, 0.3) is 32.1 Å². The van der Waals surface area contributed by atoms with Crippen molar-refractivity contribution in [2.45, 2.75) is 68.6 Å². The lowest BCUT2D eigenvalue weighted by atomic mass is 9.92. The van der Waals surface area contributed by atoms with Gasteiger partial charge in [0.1, 0.15) is 47.0 Å². The van der Waals surface area contributed by atoms with Gasteiger partial charge in [-0.3, -0.25) is 9.80 Å². The molecule has 0 radical (unpaired) electrons. The number of anilines is 2. The second-order valence-corrected chi connectivity index (χ2v) is 14.9. The average molecular weight is 764 g/mol. The summed E-state index contributed by atoms with van der Waals surface area (Å²) in [6.45, 7) is 2.29. The number of likely N-dealkylation sites (N-methyl/N-ethyl adjacent to an activating group) is 1. The molecule has 0 aliphatic carbocycles. The number of nitriles is 1. The van der Waals surface area contributed by atoms with Crippen molar-refractivity contribution in [1.82, 2.24) is 19.8 Å². The summed E-state index contributed by atoms with van der Waals surface area (Å²) in [5.41, 5.74) is 1.42. The van der Waals surface area contributed by atoms with E-state index in [1.165, 1.54) is 4.90 Å². The van der Waals surface area contributed by atoms with E-state index in [9.17, 15) is 29.1 Å². The van der Waals surface area contributed by atoms with Crippen LogP contribution in [0, 0.1) is 23.0 Å². The monoisotopic (exact) mass is 763 g/mol. The number of aromatic nitrogens is 2. The summed E-state index contributed by atoms with van der Waals surface area (Å²) < 4.78 is 102. The van der Waals surface area contributed by atoms with E-state index < -0.39 is 87.3 Å². The second kappa shape index (κ2) is 12.2. The van der Waals surface area contributed by atoms with E-state index in [1.807, 2.05) is 4.90 Å². The molecule has 2 aromatic heterocycles. The van der Waals surface area contributed by atoms with Crippen molar-refractivity contribution in [3.63, 3.8) is 0 Å². The molecule has 8 rings (SSSR count). The maximum absolute atomic E-state index is 17.2. The Hall–Kier alpha value is -4.64. The number of nitrogens with zero attached hydrogens (tertiary/aromatic N) is 6. The van der Waals surface area contributed by atoms with Gasteiger partial charge in [0.2, 0.25) is 0 Å². The number of fused-ring (bicyclic) bond motifs is 4. The zero-order chi connectivity index (χ0) is 37.8. The Labute approximate surface area is 300 Å². The van der Waals surface area contributed by atoms with Crippen LogP contribution >= 0.6 is 11.3 Å². The fourth-order valence-corrected chi connectivity index (χ4v) is 9.50. The van der Waals surface area contributed by atoms with E-state index in [0.717, 1.165) is 23.5 Å². The highest BCUT2D eigenvalue weighted by Crippen LogP contribution is 2.49. The SMILES string of the molecule is CCN(c1nc(OCC23CCCN2CC(F)C3)nc2c(F)c(-c3ccc(F)c4sc(N)c(C#N)c34)c(C(F)(F)F)cc12)C1CC2N(C1)C(=O)OC2(O)O. The van der Waals surface area contributed by atoms with Crippen LogP contribution in [-0.2, 0) is 10.9 Å². The fourth-order valence-electron chi connectivity index (χ4n) is 8.55. The van der Waals surface area contributed by atoms with Gasteiger partial charge < -0.3 is 30.3 Å². The maximum atomic E-state index is 17.2. The number of rotatable bonds is 7. The number of benzene rings is 2. The van der Waals surface area contributed by atoms with Gasteiger partial charge in [-0.15, -0.1) is 11.3 Å². The van der Waals surface area contributed by atoms with Gasteiger partial charge in [0.25, 0.3) is 0 Å². The van der Waals surface area contributed by atoms with Crippen molar-refractivity contribution in [3.8, 4) is 23.2 Å². The smallest absolute Gasteiger partial charge is 0.417 e. The highest BCUT2D eigenvalue weighted by atomic mass is 32.1. The second-order valence-electron chi connectivity index (χ2n) is 13.8. The van der Waals surface area contributed by atoms with E-state index in [0.29, 0.717) is 30.4 Å². The highest BCUT2D eigenvalue weighted by Gasteiger charge is 2.58. The maximum Gasteiger partial charge on any atom is 0.417 e. The number of alkyl halides is 4. The number of halogens is 6. The molecule has 4 fully saturated rings. The first-order chi connectivity index (χ1) is 25.1. The van der Waals surface area contributed by atoms with E-state index >= 15 is 17.6 Å². The first-order valence-electron chi connectivity index (χ1n) is 16.8. The highest BCUT2D eigenvalue weighted by molar-refractivity contribution is 7.23. The van der Waals surface area contributed by atoms with Crippen LogP contribution in [-0.4, -0.2) is 98.6 Å². The van der Waals surface area contributed by atoms with Crippen molar-refractivity contribution in [1.29, 1.82) is 5.26 Å². The Balaban J connectivity index is 1.34. The van der Waals surface area contributed by atoms with Gasteiger partial charge >= 0.3 is 24.3 Å². The number of ether oxygens (including phenoxy) is 2. The van der Waals surface area contributed by atoms with Gasteiger partial charge in [0.05, 0.1) is 27.4 Å². The molecule has 2 aromatic carbocycles. The van der Waals surface area contributed by atoms with Crippen LogP contribution in [0.2, 0.25) is 0 Å². The Kier molecular flexibility index (Phi) is 8.14. The zero-order valence-corrected chi connectivity index (χ0v) is 28.7. The van der Waals surface area contributed by atoms with Crippen LogP contribution in [0.3, 0.4) is 0 Å². The number of aliphatic hydroxyl groups is 2. The lowest BCUT2D eigenvalue weighted by molar-refractivity contribution is -0.302. The normalized spacial score (nSPS) is 25.2. The Bertz CT molecular complexity index is 2230. The third kappa shape index (κ3) is 5.48. The quantitative estimate of drug-likeness (QED) is 0.166. The van der Waals surface area contributed by atoms with Crippen molar-refractivity contribution in [2.75, 3.05) is 43.4 Å². The molecule has 1 amide bonds. The molecule has 53 heavy (non-hydrogen) atoms. The van der Waals surface area contributed by atoms with E-state index in [4.69, 9.17) is 10.5 Å². The molecule has 0 spiro atoms. The summed E-state index contributed by atoms with van der Waals surface area (Å²) in [6.07, 6.45) is -5.86. The number of carbonyl (C=O) groups excluding carboxylic acids is 1. The predicted molar refractivity (Wildman–Crippen MR) is 179 cm³/mol. The average Bonchev–Trinajstić information content (AvgIpc) is 3.88. The molecule has 0 bridgehead atoms. The molecule has 4 aromatic rings. The first kappa shape index (κ1) is 35.4. The molecule has 4 aliphatic rings. The molecule has 280 valence electrons. The van der Waals surface area contributed by atoms with Gasteiger partial charge in [-0.1, -0.05) is 6.07 Å². The van der Waals surface area contributed by atoms with Crippen molar-refractivity contribution < 1.29 is 50.8 Å². The van der Waals surface area contributed by atoms with E-state index in [2.05, 4.69) is 14.7 Å². The lowest BCUT2D eigenvalue weighted by Crippen LogP contribution is -2.43. The molecule has 4 saturated heterocycles. The Morgan fingerprint density at radius 3 is 2.72 bits per heavy atom. The van der Waals surface area contributed by atoms with Crippen molar-refractivity contribution in [2.24, 2.45) is 0 Å². The number of carbonyl (C=O) groups is 1. The van der Waals surface area contributed by atoms with Crippen LogP contribution in [0.15, 0.2) is 18.2 Å². The summed E-state index contributed by atoms with van der Waals surface area (Å²) in [4.78, 5) is 25.8. The Morgan fingerprint density at radius 2 is 2.02 bits per heavy atom. The molecular formula is C34H31F6N7O5S. The van der Waals surface area contributed by atoms with Gasteiger partial charge in [0.15, 0.2) is 5.82 Å². The fraction of sp³-hybridized carbons (Fsp3) is 0.471. The number of amides is 1. The first-order valence-corrected chi connectivity index (χ1v) is 17.6. The summed E-state index contributed by atoms with van der Waals surface area (Å²) in [6, 6.07) is 1.87. The largest absolute Gasteiger partial charge is 0.461 e. The van der Waals surface area contributed by atoms with Gasteiger partial charge in [-0.2, -0.15) is 28.4 Å². The predicted octanol–water partition coefficient (Wildman–Crippen LogP) is 5.28. The molecule has 4 atom stereocenters. The van der Waals surface area contributed by atoms with Gasteiger partial charge in [-0.05, 0) is 50.4 Å². The van der Waals surface area contributed by atoms with Crippen LogP contribution in [0.5, 0.6) is 6.01 Å². The van der Waals surface area contributed by atoms with Gasteiger partial charge in [0, 0.05) is 42.4 Å². The molecule has 4 aliphatic heterocycles. The number of nitrogens with two attached hydrogens (primary N) is 1. The number of cyclic esters (lactones) is 1. The molecule has 6 heterocycles. The number of nitrogen functional groups attached to an aromatic ring is 1. The number of hydrogen-bond donors (Lipinski definition) is 3. The Morgan fingerprint density at radius 1 is 1.25 bits per heavy atom. The van der Waals surface area contributed by atoms with E-state index in [-0.39, 0.29) is 65.6 Å². The number of thiophene rings is 1. The standard InChI is InChI=1S/C34H31F6N7O5S/c1-2-46(16-8-22-34(49,50)52-31(48)47(22)13-16)29-18-9-20(33(38,39)40)24(17-4-5-21(36)27-23(17)19(11-41)28(42)53-27)25(37)26(18)43-30(44-29)51-14-32-6-3-7-45(32)12-15(35)10-32/h4-5,9,15-16,22,49-50H,2-3,6-8,10,12-14,42H2,1H3. The third-order valence-corrected chi connectivity index (χ3v) is 11.9. The number of hydrogen-bond acceptors (Lipinski definition) is 12. The molecule has 12 nitrogen and oxygen atoms in total. The lowest BCUT2D eigenvalue weighted by Gasteiger charge is -2.32. The van der Waals surface area contributed by atoms with Crippen LogP contribution in [0.1, 0.15) is 43.7 Å². The summed E-state index contributed by atoms with van der Waals surface area (Å²) in [5, 5.41) is 29.7. The van der Waals surface area contributed by atoms with Crippen LogP contribution < -0.4 is 15.4 Å². The molecule has 4 N–H and O–H groups in total.